The minimum atomic E-state index is -0.260. The summed E-state index contributed by atoms with van der Waals surface area (Å²) in [6, 6.07) is 0.226. The first kappa shape index (κ1) is 15.1. The number of hydrogen-bond acceptors (Lipinski definition) is 4. The molecule has 6 nitrogen and oxygen atoms in total. The van der Waals surface area contributed by atoms with Gasteiger partial charge in [-0.2, -0.15) is 0 Å². The fourth-order valence-corrected chi connectivity index (χ4v) is 3.57. The number of rotatable bonds is 2. The summed E-state index contributed by atoms with van der Waals surface area (Å²) in [6.07, 6.45) is 5.94. The largest absolute Gasteiger partial charge is 0.393 e. The van der Waals surface area contributed by atoms with Gasteiger partial charge in [-0.15, -0.1) is 0 Å². The van der Waals surface area contributed by atoms with Crippen molar-refractivity contribution in [3.8, 4) is 0 Å². The van der Waals surface area contributed by atoms with E-state index in [0.717, 1.165) is 51.5 Å². The van der Waals surface area contributed by atoms with Crippen LogP contribution >= 0.6 is 0 Å². The molecule has 2 aliphatic heterocycles. The molecule has 0 aromatic carbocycles. The zero-order chi connectivity index (χ0) is 14.7. The Bertz CT molecular complexity index is 352. The maximum atomic E-state index is 12.6. The zero-order valence-electron chi connectivity index (χ0n) is 12.5. The number of likely N-dealkylation sites (tertiary alicyclic amines) is 1. The monoisotopic (exact) mass is 298 g/mol. The minimum absolute atomic E-state index is 0.000176. The highest BCUT2D eigenvalue weighted by Crippen LogP contribution is 2.25. The second kappa shape index (κ2) is 6.94. The van der Waals surface area contributed by atoms with Crippen molar-refractivity contribution in [2.75, 3.05) is 19.8 Å². The van der Waals surface area contributed by atoms with Crippen LogP contribution in [-0.4, -0.2) is 60.3 Å². The van der Waals surface area contributed by atoms with Crippen LogP contribution in [0.3, 0.4) is 0 Å². The van der Waals surface area contributed by atoms with E-state index in [2.05, 4.69) is 5.32 Å². The second-order valence-corrected chi connectivity index (χ2v) is 6.32. The topological polar surface area (TPSA) is 71.0 Å². The number of aliphatic hydroxyl groups excluding tert-OH is 1. The normalized spacial score (nSPS) is 34.9. The lowest BCUT2D eigenvalue weighted by molar-refractivity contribution is -0.0985. The lowest BCUT2D eigenvalue weighted by Crippen LogP contribution is -2.55. The maximum absolute atomic E-state index is 12.6. The molecule has 2 N–H and O–H groups in total. The highest BCUT2D eigenvalue weighted by Gasteiger charge is 2.37. The Morgan fingerprint density at radius 1 is 1.05 bits per heavy atom. The van der Waals surface area contributed by atoms with Gasteiger partial charge < -0.3 is 24.8 Å². The van der Waals surface area contributed by atoms with Gasteiger partial charge in [0, 0.05) is 12.6 Å². The molecule has 1 atom stereocenters. The van der Waals surface area contributed by atoms with Crippen LogP contribution in [0.25, 0.3) is 0 Å². The number of carbonyl (C=O) groups is 1. The van der Waals surface area contributed by atoms with E-state index >= 15 is 0 Å². The summed E-state index contributed by atoms with van der Waals surface area (Å²) in [5, 5.41) is 12.7. The van der Waals surface area contributed by atoms with Crippen LogP contribution in [0.15, 0.2) is 0 Å². The summed E-state index contributed by atoms with van der Waals surface area (Å²) in [7, 11) is 0. The van der Waals surface area contributed by atoms with E-state index in [4.69, 9.17) is 9.47 Å². The summed E-state index contributed by atoms with van der Waals surface area (Å²) in [5.74, 6) is 0. The molecule has 0 bridgehead atoms. The number of nitrogens with one attached hydrogen (secondary N) is 1. The summed E-state index contributed by atoms with van der Waals surface area (Å²) in [6.45, 7) is 2.02. The smallest absolute Gasteiger partial charge is 0.318 e. The van der Waals surface area contributed by atoms with Gasteiger partial charge in [0.25, 0.3) is 0 Å². The van der Waals surface area contributed by atoms with Gasteiger partial charge in [-0.25, -0.2) is 4.79 Å². The Kier molecular flexibility index (Phi) is 4.98. The van der Waals surface area contributed by atoms with Crippen molar-refractivity contribution < 1.29 is 19.4 Å². The average molecular weight is 298 g/mol. The number of ether oxygens (including phenoxy) is 2. The first-order valence-corrected chi connectivity index (χ1v) is 8.22. The molecular weight excluding hydrogens is 272 g/mol. The third-order valence-corrected chi connectivity index (χ3v) is 4.80. The number of carbonyl (C=O) groups excluding carboxylic acids is 1. The predicted octanol–water partition coefficient (Wildman–Crippen LogP) is 1.23. The fourth-order valence-electron chi connectivity index (χ4n) is 3.57. The molecule has 0 aromatic rings. The molecule has 0 spiro atoms. The van der Waals surface area contributed by atoms with Crippen LogP contribution in [0.5, 0.6) is 0 Å². The van der Waals surface area contributed by atoms with Gasteiger partial charge in [0.05, 0.1) is 25.4 Å². The van der Waals surface area contributed by atoms with Crippen LogP contribution in [0.4, 0.5) is 4.79 Å². The number of aliphatic hydroxyl groups is 1. The summed E-state index contributed by atoms with van der Waals surface area (Å²) >= 11 is 0. The van der Waals surface area contributed by atoms with Crippen LogP contribution in [0.1, 0.15) is 44.9 Å². The SMILES string of the molecule is O=C(NC1CCC(O)CC1)N1CCCC[C@@H]1C1OCCO1. The summed E-state index contributed by atoms with van der Waals surface area (Å²) < 4.78 is 11.2. The van der Waals surface area contributed by atoms with Crippen molar-refractivity contribution in [1.82, 2.24) is 10.2 Å². The van der Waals surface area contributed by atoms with Crippen LogP contribution < -0.4 is 5.32 Å². The molecule has 2 amide bonds. The molecule has 1 aliphatic carbocycles. The molecule has 3 rings (SSSR count). The van der Waals surface area contributed by atoms with Gasteiger partial charge in [-0.1, -0.05) is 0 Å². The molecule has 0 aromatic heterocycles. The number of amides is 2. The molecule has 6 heteroatoms. The van der Waals surface area contributed by atoms with Crippen LogP contribution in [0.2, 0.25) is 0 Å². The van der Waals surface area contributed by atoms with E-state index in [1.165, 1.54) is 0 Å². The molecule has 1 saturated carbocycles. The van der Waals surface area contributed by atoms with Gasteiger partial charge in [0.1, 0.15) is 0 Å². The van der Waals surface area contributed by atoms with Crippen molar-refractivity contribution >= 4 is 6.03 Å². The van der Waals surface area contributed by atoms with Gasteiger partial charge >= 0.3 is 6.03 Å². The van der Waals surface area contributed by atoms with Crippen molar-refractivity contribution in [3.63, 3.8) is 0 Å². The third-order valence-electron chi connectivity index (χ3n) is 4.80. The van der Waals surface area contributed by atoms with Gasteiger partial charge in [-0.05, 0) is 44.9 Å². The van der Waals surface area contributed by atoms with Gasteiger partial charge in [-0.3, -0.25) is 0 Å². The molecule has 120 valence electrons. The van der Waals surface area contributed by atoms with Crippen molar-refractivity contribution in [2.45, 2.75) is 69.4 Å². The van der Waals surface area contributed by atoms with E-state index < -0.39 is 0 Å². The maximum Gasteiger partial charge on any atom is 0.318 e. The zero-order valence-corrected chi connectivity index (χ0v) is 12.5. The Morgan fingerprint density at radius 2 is 1.76 bits per heavy atom. The standard InChI is InChI=1S/C15H26N2O4/c18-12-6-4-11(5-7-12)16-15(19)17-8-2-1-3-13(17)14-20-9-10-21-14/h11-14,18H,1-10H2,(H,16,19)/t11?,12?,13-/m1/s1. The molecule has 0 radical (unpaired) electrons. The van der Waals surface area contributed by atoms with E-state index in [0.29, 0.717) is 13.2 Å². The van der Waals surface area contributed by atoms with Gasteiger partial charge in [0.2, 0.25) is 0 Å². The van der Waals surface area contributed by atoms with Crippen LogP contribution in [0, 0.1) is 0 Å². The Labute approximate surface area is 125 Å². The lowest BCUT2D eigenvalue weighted by atomic mass is 9.93. The first-order chi connectivity index (χ1) is 10.2. The summed E-state index contributed by atoms with van der Waals surface area (Å²) in [5.41, 5.74) is 0. The molecule has 3 aliphatic rings. The van der Waals surface area contributed by atoms with E-state index in [1.54, 1.807) is 0 Å². The third kappa shape index (κ3) is 3.67. The van der Waals surface area contributed by atoms with Gasteiger partial charge in [0.15, 0.2) is 6.29 Å². The molecular formula is C15H26N2O4. The molecule has 2 heterocycles. The van der Waals surface area contributed by atoms with Crippen molar-refractivity contribution in [2.24, 2.45) is 0 Å². The highest BCUT2D eigenvalue weighted by atomic mass is 16.7. The molecule has 3 fully saturated rings. The highest BCUT2D eigenvalue weighted by molar-refractivity contribution is 5.75. The second-order valence-electron chi connectivity index (χ2n) is 6.32. The molecule has 21 heavy (non-hydrogen) atoms. The van der Waals surface area contributed by atoms with E-state index in [9.17, 15) is 9.90 Å². The Balaban J connectivity index is 1.56. The Morgan fingerprint density at radius 3 is 2.48 bits per heavy atom. The minimum Gasteiger partial charge on any atom is -0.393 e. The van der Waals surface area contributed by atoms with Crippen molar-refractivity contribution in [3.05, 3.63) is 0 Å². The molecule has 0 unspecified atom stereocenters. The summed E-state index contributed by atoms with van der Waals surface area (Å²) in [4.78, 5) is 14.4. The fraction of sp³-hybridized carbons (Fsp3) is 0.933. The number of nitrogens with zero attached hydrogens (tertiary/aromatic N) is 1. The predicted molar refractivity (Wildman–Crippen MR) is 76.8 cm³/mol. The Hall–Kier alpha value is -0.850. The van der Waals surface area contributed by atoms with E-state index in [1.807, 2.05) is 4.90 Å². The number of urea groups is 1. The quantitative estimate of drug-likeness (QED) is 0.804. The number of piperidine rings is 1. The van der Waals surface area contributed by atoms with Crippen molar-refractivity contribution in [1.29, 1.82) is 0 Å². The van der Waals surface area contributed by atoms with E-state index in [-0.39, 0.29) is 30.5 Å². The van der Waals surface area contributed by atoms with Crippen LogP contribution in [-0.2, 0) is 9.47 Å². The number of hydrogen-bond donors (Lipinski definition) is 2. The molecule has 2 saturated heterocycles. The first-order valence-electron chi connectivity index (χ1n) is 8.22. The average Bonchev–Trinajstić information content (AvgIpc) is 3.04. The lowest BCUT2D eigenvalue weighted by Gasteiger charge is -2.39.